The molecular weight excluding hydrogens is 340 g/mol. The van der Waals surface area contributed by atoms with E-state index in [4.69, 9.17) is 0 Å². The molecule has 2 heterocycles. The zero-order valence-electron chi connectivity index (χ0n) is 16.0. The Labute approximate surface area is 163 Å². The second-order valence-corrected chi connectivity index (χ2v) is 7.60. The molecule has 2 aromatic heterocycles. The van der Waals surface area contributed by atoms with Crippen LogP contribution in [0, 0.1) is 6.92 Å². The van der Waals surface area contributed by atoms with Crippen LogP contribution < -0.4 is 0 Å². The highest BCUT2D eigenvalue weighted by Gasteiger charge is 2.15. The average molecular weight is 360 g/mol. The van der Waals surface area contributed by atoms with Gasteiger partial charge in [0.05, 0.1) is 16.6 Å². The van der Waals surface area contributed by atoms with Crippen molar-refractivity contribution in [3.8, 4) is 5.69 Å². The first kappa shape index (κ1) is 15.5. The third-order valence-corrected chi connectivity index (χ3v) is 6.05. The normalized spacial score (nSPS) is 11.9. The molecule has 0 aliphatic rings. The minimum absolute atomic E-state index is 1.21. The fourth-order valence-corrected chi connectivity index (χ4v) is 4.75. The Bertz CT molecular complexity index is 1530. The summed E-state index contributed by atoms with van der Waals surface area (Å²) < 4.78 is 4.71. The molecule has 2 nitrogen and oxygen atoms in total. The van der Waals surface area contributed by atoms with E-state index in [9.17, 15) is 0 Å². The largest absolute Gasteiger partial charge is 0.344 e. The average Bonchev–Trinajstić information content (AvgIpc) is 3.22. The van der Waals surface area contributed by atoms with Crippen LogP contribution in [0.4, 0.5) is 0 Å². The molecule has 6 aromatic rings. The number of benzene rings is 4. The number of aryl methyl sites for hydroxylation is 2. The summed E-state index contributed by atoms with van der Waals surface area (Å²) in [6.45, 7) is 2.20. The summed E-state index contributed by atoms with van der Waals surface area (Å²) in [4.78, 5) is 0. The van der Waals surface area contributed by atoms with E-state index in [0.717, 1.165) is 0 Å². The number of aromatic nitrogens is 2. The predicted molar refractivity (Wildman–Crippen MR) is 120 cm³/mol. The standard InChI is InChI=1S/C26H20N2/c1-17-8-7-11-22-20-10-4-6-13-24(20)28(26(17)22)18-14-15-21-19-9-3-5-12-23(19)27(2)25(21)16-18/h3-16H,1-2H3. The maximum absolute atomic E-state index is 2.41. The molecular formula is C26H20N2. The first-order chi connectivity index (χ1) is 13.7. The second-order valence-electron chi connectivity index (χ2n) is 7.60. The molecule has 4 aromatic carbocycles. The van der Waals surface area contributed by atoms with Gasteiger partial charge in [0.15, 0.2) is 0 Å². The van der Waals surface area contributed by atoms with Crippen molar-refractivity contribution >= 4 is 43.6 Å². The van der Waals surface area contributed by atoms with Crippen LogP contribution >= 0.6 is 0 Å². The van der Waals surface area contributed by atoms with Crippen molar-refractivity contribution in [2.75, 3.05) is 0 Å². The van der Waals surface area contributed by atoms with Crippen molar-refractivity contribution in [1.29, 1.82) is 0 Å². The van der Waals surface area contributed by atoms with Crippen molar-refractivity contribution in [3.05, 3.63) is 90.5 Å². The van der Waals surface area contributed by atoms with Gasteiger partial charge in [-0.25, -0.2) is 0 Å². The Balaban J connectivity index is 1.77. The van der Waals surface area contributed by atoms with Crippen molar-refractivity contribution in [2.45, 2.75) is 6.92 Å². The highest BCUT2D eigenvalue weighted by atomic mass is 15.0. The summed E-state index contributed by atoms with van der Waals surface area (Å²) >= 11 is 0. The van der Waals surface area contributed by atoms with Crippen LogP contribution in [-0.2, 0) is 7.05 Å². The van der Waals surface area contributed by atoms with Gasteiger partial charge in [-0.15, -0.1) is 0 Å². The van der Waals surface area contributed by atoms with Gasteiger partial charge >= 0.3 is 0 Å². The van der Waals surface area contributed by atoms with Crippen LogP contribution in [0.2, 0.25) is 0 Å². The van der Waals surface area contributed by atoms with Gasteiger partial charge in [0, 0.05) is 39.8 Å². The first-order valence-corrected chi connectivity index (χ1v) is 9.70. The van der Waals surface area contributed by atoms with E-state index >= 15 is 0 Å². The molecule has 0 saturated carbocycles. The van der Waals surface area contributed by atoms with Gasteiger partial charge in [-0.3, -0.25) is 0 Å². The molecule has 2 heteroatoms. The fourth-order valence-electron chi connectivity index (χ4n) is 4.75. The molecule has 6 rings (SSSR count). The van der Waals surface area contributed by atoms with Crippen molar-refractivity contribution < 1.29 is 0 Å². The summed E-state index contributed by atoms with van der Waals surface area (Å²) in [5, 5.41) is 5.23. The predicted octanol–water partition coefficient (Wildman–Crippen LogP) is 6.74. The lowest BCUT2D eigenvalue weighted by molar-refractivity contribution is 1.01. The minimum Gasteiger partial charge on any atom is -0.344 e. The molecule has 0 fully saturated rings. The van der Waals surface area contributed by atoms with E-state index in [1.54, 1.807) is 0 Å². The summed E-state index contributed by atoms with van der Waals surface area (Å²) in [5.74, 6) is 0. The quantitative estimate of drug-likeness (QED) is 0.307. The maximum atomic E-state index is 2.41. The van der Waals surface area contributed by atoms with Crippen LogP contribution in [0.1, 0.15) is 5.56 Å². The molecule has 0 radical (unpaired) electrons. The highest BCUT2D eigenvalue weighted by Crippen LogP contribution is 2.36. The maximum Gasteiger partial charge on any atom is 0.0570 e. The van der Waals surface area contributed by atoms with Crippen LogP contribution in [-0.4, -0.2) is 9.13 Å². The fraction of sp³-hybridized carbons (Fsp3) is 0.0769. The summed E-state index contributed by atoms with van der Waals surface area (Å²) in [6.07, 6.45) is 0. The third-order valence-electron chi connectivity index (χ3n) is 6.05. The molecule has 0 atom stereocenters. The lowest BCUT2D eigenvalue weighted by Gasteiger charge is -2.10. The number of para-hydroxylation sites is 3. The van der Waals surface area contributed by atoms with Gasteiger partial charge < -0.3 is 9.13 Å². The van der Waals surface area contributed by atoms with Crippen molar-refractivity contribution in [3.63, 3.8) is 0 Å². The first-order valence-electron chi connectivity index (χ1n) is 9.70. The smallest absolute Gasteiger partial charge is 0.0570 e. The molecule has 0 N–H and O–H groups in total. The number of fused-ring (bicyclic) bond motifs is 6. The molecule has 0 saturated heterocycles. The molecule has 0 aliphatic heterocycles. The number of hydrogen-bond donors (Lipinski definition) is 0. The lowest BCUT2D eigenvalue weighted by Crippen LogP contribution is -1.96. The van der Waals surface area contributed by atoms with Crippen LogP contribution in [0.3, 0.4) is 0 Å². The van der Waals surface area contributed by atoms with E-state index < -0.39 is 0 Å². The Hall–Kier alpha value is -3.52. The van der Waals surface area contributed by atoms with Gasteiger partial charge in [0.2, 0.25) is 0 Å². The lowest BCUT2D eigenvalue weighted by atomic mass is 10.1. The van der Waals surface area contributed by atoms with E-state index in [2.05, 4.69) is 108 Å². The van der Waals surface area contributed by atoms with E-state index in [0.29, 0.717) is 0 Å². The number of hydrogen-bond acceptors (Lipinski definition) is 0. The van der Waals surface area contributed by atoms with Crippen molar-refractivity contribution in [2.24, 2.45) is 7.05 Å². The van der Waals surface area contributed by atoms with Crippen LogP contribution in [0.25, 0.3) is 49.3 Å². The topological polar surface area (TPSA) is 9.86 Å². The summed E-state index contributed by atoms with van der Waals surface area (Å²) in [5.41, 5.74) is 7.59. The molecule has 0 bridgehead atoms. The monoisotopic (exact) mass is 360 g/mol. The Morgan fingerprint density at radius 1 is 0.571 bits per heavy atom. The second kappa shape index (κ2) is 5.49. The molecule has 0 unspecified atom stereocenters. The third kappa shape index (κ3) is 1.92. The minimum atomic E-state index is 1.21. The van der Waals surface area contributed by atoms with E-state index in [-0.39, 0.29) is 0 Å². The molecule has 0 amide bonds. The van der Waals surface area contributed by atoms with Gasteiger partial charge in [-0.05, 0) is 36.8 Å². The molecule has 0 spiro atoms. The molecule has 28 heavy (non-hydrogen) atoms. The van der Waals surface area contributed by atoms with Crippen molar-refractivity contribution in [1.82, 2.24) is 9.13 Å². The Morgan fingerprint density at radius 3 is 2.04 bits per heavy atom. The van der Waals surface area contributed by atoms with Gasteiger partial charge in [0.1, 0.15) is 0 Å². The molecule has 0 aliphatic carbocycles. The van der Waals surface area contributed by atoms with E-state index in [1.165, 1.54) is 54.9 Å². The zero-order chi connectivity index (χ0) is 18.8. The SMILES string of the molecule is Cc1cccc2c3ccccc3n(-c3ccc4c5ccccc5n(C)c4c3)c12. The Kier molecular flexibility index (Phi) is 3.05. The number of rotatable bonds is 1. The van der Waals surface area contributed by atoms with Gasteiger partial charge in [-0.2, -0.15) is 0 Å². The zero-order valence-corrected chi connectivity index (χ0v) is 16.0. The summed E-state index contributed by atoms with van der Waals surface area (Å²) in [6, 6.07) is 30.8. The van der Waals surface area contributed by atoms with Crippen LogP contribution in [0.15, 0.2) is 84.9 Å². The number of nitrogens with zero attached hydrogens (tertiary/aromatic N) is 2. The Morgan fingerprint density at radius 2 is 1.21 bits per heavy atom. The van der Waals surface area contributed by atoms with Gasteiger partial charge in [0.25, 0.3) is 0 Å². The highest BCUT2D eigenvalue weighted by molar-refractivity contribution is 6.11. The summed E-state index contributed by atoms with van der Waals surface area (Å²) in [7, 11) is 2.16. The van der Waals surface area contributed by atoms with E-state index in [1.807, 2.05) is 0 Å². The molecule has 134 valence electrons. The van der Waals surface area contributed by atoms with Gasteiger partial charge in [-0.1, -0.05) is 60.7 Å². The van der Waals surface area contributed by atoms with Crippen LogP contribution in [0.5, 0.6) is 0 Å².